The van der Waals surface area contributed by atoms with Crippen LogP contribution in [0.25, 0.3) is 0 Å². The Morgan fingerprint density at radius 1 is 1.73 bits per heavy atom. The number of ketones is 1. The van der Waals surface area contributed by atoms with Gasteiger partial charge in [0.15, 0.2) is 5.78 Å². The van der Waals surface area contributed by atoms with E-state index in [1.54, 1.807) is 0 Å². The van der Waals surface area contributed by atoms with Gasteiger partial charge in [0.25, 0.3) is 5.91 Å². The molecular formula is C7H8N2O2. The molecule has 0 saturated heterocycles. The van der Waals surface area contributed by atoms with Crippen LogP contribution < -0.4 is 0 Å². The summed E-state index contributed by atoms with van der Waals surface area (Å²) in [5.41, 5.74) is 0.479. The number of carbonyl (C=O) groups excluding carboxylic acids is 2. The zero-order valence-electron chi connectivity index (χ0n) is 6.20. The molecule has 0 spiro atoms. The summed E-state index contributed by atoms with van der Waals surface area (Å²) in [5, 5.41) is 0. The number of aliphatic imine (C=N–C) groups is 2. The van der Waals surface area contributed by atoms with Crippen LogP contribution >= 0.6 is 0 Å². The molecule has 0 aromatic carbocycles. The second-order valence-electron chi connectivity index (χ2n) is 2.35. The number of nitrogens with zero attached hydrogens (tertiary/aromatic N) is 2. The summed E-state index contributed by atoms with van der Waals surface area (Å²) in [7, 11) is 0. The first-order valence-corrected chi connectivity index (χ1v) is 3.23. The standard InChI is InChI=1S/C7H8N2O2/c1-4(10)5-3-6(9-5)7(11)8-2/h6H,2-3H2,1H3. The summed E-state index contributed by atoms with van der Waals surface area (Å²) in [6, 6.07) is -0.439. The van der Waals surface area contributed by atoms with E-state index in [9.17, 15) is 9.59 Å². The van der Waals surface area contributed by atoms with Crippen LogP contribution in [-0.2, 0) is 9.59 Å². The van der Waals surface area contributed by atoms with E-state index < -0.39 is 6.04 Å². The lowest BCUT2D eigenvalue weighted by Gasteiger charge is -2.18. The molecule has 1 unspecified atom stereocenters. The highest BCUT2D eigenvalue weighted by atomic mass is 16.2. The van der Waals surface area contributed by atoms with Gasteiger partial charge in [0, 0.05) is 13.3 Å². The van der Waals surface area contributed by atoms with Crippen LogP contribution in [-0.4, -0.2) is 30.2 Å². The van der Waals surface area contributed by atoms with Crippen molar-refractivity contribution < 1.29 is 9.59 Å². The third-order valence-corrected chi connectivity index (χ3v) is 1.55. The molecule has 1 rings (SSSR count). The highest BCUT2D eigenvalue weighted by molar-refractivity contribution is 6.41. The predicted octanol–water partition coefficient (Wildman–Crippen LogP) is 0.0159. The number of amides is 1. The molecule has 58 valence electrons. The Hall–Kier alpha value is -1.32. The van der Waals surface area contributed by atoms with E-state index in [1.165, 1.54) is 6.92 Å². The molecular weight excluding hydrogens is 144 g/mol. The van der Waals surface area contributed by atoms with Gasteiger partial charge < -0.3 is 0 Å². The fourth-order valence-electron chi connectivity index (χ4n) is 0.840. The Kier molecular flexibility index (Phi) is 1.94. The van der Waals surface area contributed by atoms with Crippen LogP contribution in [0.15, 0.2) is 9.98 Å². The van der Waals surface area contributed by atoms with Gasteiger partial charge in [0.1, 0.15) is 6.04 Å². The monoisotopic (exact) mass is 152 g/mol. The highest BCUT2D eigenvalue weighted by Crippen LogP contribution is 2.14. The van der Waals surface area contributed by atoms with Gasteiger partial charge in [-0.2, -0.15) is 0 Å². The predicted molar refractivity (Wildman–Crippen MR) is 41.1 cm³/mol. The molecule has 1 aliphatic rings. The van der Waals surface area contributed by atoms with Crippen LogP contribution in [0, 0.1) is 0 Å². The Balaban J connectivity index is 2.57. The molecule has 1 amide bonds. The minimum Gasteiger partial charge on any atom is -0.293 e. The summed E-state index contributed by atoms with van der Waals surface area (Å²) in [6.07, 6.45) is 0.424. The van der Waals surface area contributed by atoms with Gasteiger partial charge >= 0.3 is 0 Å². The van der Waals surface area contributed by atoms with Crippen molar-refractivity contribution in [2.45, 2.75) is 19.4 Å². The van der Waals surface area contributed by atoms with E-state index in [1.807, 2.05) is 0 Å². The molecule has 4 heteroatoms. The van der Waals surface area contributed by atoms with Gasteiger partial charge in [-0.15, -0.1) is 0 Å². The van der Waals surface area contributed by atoms with Crippen molar-refractivity contribution in [1.82, 2.24) is 0 Å². The fraction of sp³-hybridized carbons (Fsp3) is 0.429. The third-order valence-electron chi connectivity index (χ3n) is 1.55. The van der Waals surface area contributed by atoms with Crippen LogP contribution in [0.1, 0.15) is 13.3 Å². The number of hydrogen-bond donors (Lipinski definition) is 0. The summed E-state index contributed by atoms with van der Waals surface area (Å²) in [6.45, 7) is 4.51. The smallest absolute Gasteiger partial charge is 0.270 e. The van der Waals surface area contributed by atoms with Gasteiger partial charge in [-0.05, 0) is 6.72 Å². The molecule has 0 saturated carbocycles. The van der Waals surface area contributed by atoms with Crippen molar-refractivity contribution in [1.29, 1.82) is 0 Å². The largest absolute Gasteiger partial charge is 0.293 e. The van der Waals surface area contributed by atoms with E-state index in [-0.39, 0.29) is 11.7 Å². The maximum atomic E-state index is 10.7. The molecule has 4 nitrogen and oxygen atoms in total. The Labute approximate surface area is 64.0 Å². The van der Waals surface area contributed by atoms with Crippen molar-refractivity contribution in [2.75, 3.05) is 0 Å². The van der Waals surface area contributed by atoms with Crippen LogP contribution in [0.4, 0.5) is 0 Å². The zero-order valence-corrected chi connectivity index (χ0v) is 6.20. The molecule has 1 aliphatic heterocycles. The van der Waals surface area contributed by atoms with Crippen LogP contribution in [0.3, 0.4) is 0 Å². The molecule has 1 atom stereocenters. The van der Waals surface area contributed by atoms with E-state index in [2.05, 4.69) is 16.7 Å². The van der Waals surface area contributed by atoms with Crippen LogP contribution in [0.2, 0.25) is 0 Å². The van der Waals surface area contributed by atoms with Crippen molar-refractivity contribution in [3.63, 3.8) is 0 Å². The average Bonchev–Trinajstić information content (AvgIpc) is 1.83. The quantitative estimate of drug-likeness (QED) is 0.523. The normalized spacial score (nSPS) is 21.5. The summed E-state index contributed by atoms with van der Waals surface area (Å²) in [5.74, 6) is -0.423. The lowest BCUT2D eigenvalue weighted by Crippen LogP contribution is -2.34. The Morgan fingerprint density at radius 2 is 2.27 bits per heavy atom. The average molecular weight is 152 g/mol. The minimum atomic E-state index is -0.439. The molecule has 0 bridgehead atoms. The van der Waals surface area contributed by atoms with Crippen LogP contribution in [0.5, 0.6) is 0 Å². The molecule has 0 N–H and O–H groups in total. The van der Waals surface area contributed by atoms with Crippen molar-refractivity contribution >= 4 is 24.1 Å². The Bertz CT molecular complexity index is 255. The molecule has 0 aliphatic carbocycles. The molecule has 0 fully saturated rings. The van der Waals surface area contributed by atoms with E-state index in [0.717, 1.165) is 0 Å². The maximum Gasteiger partial charge on any atom is 0.270 e. The van der Waals surface area contributed by atoms with E-state index in [4.69, 9.17) is 0 Å². The number of rotatable bonds is 2. The first kappa shape index (κ1) is 7.78. The lowest BCUT2D eigenvalue weighted by atomic mass is 10.0. The third kappa shape index (κ3) is 1.39. The molecule has 11 heavy (non-hydrogen) atoms. The first-order chi connectivity index (χ1) is 5.15. The topological polar surface area (TPSA) is 58.9 Å². The number of Topliss-reactive ketones (excluding diaryl/α,β-unsaturated/α-hetero) is 1. The Morgan fingerprint density at radius 3 is 2.64 bits per heavy atom. The summed E-state index contributed by atoms with van der Waals surface area (Å²) >= 11 is 0. The van der Waals surface area contributed by atoms with Gasteiger partial charge in [-0.25, -0.2) is 4.99 Å². The van der Waals surface area contributed by atoms with Crippen molar-refractivity contribution in [3.05, 3.63) is 0 Å². The van der Waals surface area contributed by atoms with Gasteiger partial charge in [-0.1, -0.05) is 0 Å². The van der Waals surface area contributed by atoms with E-state index >= 15 is 0 Å². The highest BCUT2D eigenvalue weighted by Gasteiger charge is 2.29. The molecule has 0 radical (unpaired) electrons. The van der Waals surface area contributed by atoms with Gasteiger partial charge in [0.05, 0.1) is 5.71 Å². The fourth-order valence-corrected chi connectivity index (χ4v) is 0.840. The maximum absolute atomic E-state index is 10.7. The summed E-state index contributed by atoms with van der Waals surface area (Å²) in [4.78, 5) is 28.3. The molecule has 0 aromatic rings. The minimum absolute atomic E-state index is 0.0712. The van der Waals surface area contributed by atoms with E-state index in [0.29, 0.717) is 12.1 Å². The first-order valence-electron chi connectivity index (χ1n) is 3.23. The van der Waals surface area contributed by atoms with Gasteiger partial charge in [-0.3, -0.25) is 14.6 Å². The zero-order chi connectivity index (χ0) is 8.43. The molecule has 0 aromatic heterocycles. The van der Waals surface area contributed by atoms with Crippen molar-refractivity contribution in [2.24, 2.45) is 9.98 Å². The molecule has 1 heterocycles. The number of hydrogen-bond acceptors (Lipinski definition) is 3. The second kappa shape index (κ2) is 2.74. The lowest BCUT2D eigenvalue weighted by molar-refractivity contribution is -0.119. The van der Waals surface area contributed by atoms with Gasteiger partial charge in [0.2, 0.25) is 0 Å². The van der Waals surface area contributed by atoms with Crippen molar-refractivity contribution in [3.8, 4) is 0 Å². The second-order valence-corrected chi connectivity index (χ2v) is 2.35. The number of carbonyl (C=O) groups is 2. The SMILES string of the molecule is C=NC(=O)C1CC(C(C)=O)=N1. The summed E-state index contributed by atoms with van der Waals surface area (Å²) < 4.78 is 0.